The number of hydrogen-bond acceptors (Lipinski definition) is 1. The van der Waals surface area contributed by atoms with Crippen molar-refractivity contribution in [3.8, 4) is 0 Å². The van der Waals surface area contributed by atoms with E-state index in [-0.39, 0.29) is 6.10 Å². The Hall–Kier alpha value is -0.530. The molecular weight excluding hydrogens is 172 g/mol. The van der Waals surface area contributed by atoms with Gasteiger partial charge in [-0.1, -0.05) is 23.7 Å². The van der Waals surface area contributed by atoms with E-state index in [1.165, 1.54) is 0 Å². The first-order valence-corrected chi connectivity index (χ1v) is 4.40. The molecule has 1 N–H and O–H groups in total. The second kappa shape index (κ2) is 3.92. The zero-order valence-corrected chi connectivity index (χ0v) is 8.10. The Morgan fingerprint density at radius 3 is 2.67 bits per heavy atom. The van der Waals surface area contributed by atoms with Gasteiger partial charge in [-0.05, 0) is 37.5 Å². The van der Waals surface area contributed by atoms with Gasteiger partial charge < -0.3 is 5.11 Å². The zero-order valence-electron chi connectivity index (χ0n) is 7.34. The molecule has 1 aromatic rings. The summed E-state index contributed by atoms with van der Waals surface area (Å²) in [6.07, 6.45) is 0.406. The van der Waals surface area contributed by atoms with Crippen molar-refractivity contribution < 1.29 is 5.11 Å². The van der Waals surface area contributed by atoms with Crippen LogP contribution < -0.4 is 0 Å². The first-order chi connectivity index (χ1) is 5.59. The van der Waals surface area contributed by atoms with Crippen molar-refractivity contribution in [2.45, 2.75) is 26.4 Å². The minimum Gasteiger partial charge on any atom is -0.393 e. The number of halogens is 1. The zero-order chi connectivity index (χ0) is 9.14. The summed E-state index contributed by atoms with van der Waals surface area (Å²) in [5.41, 5.74) is 2.20. The molecule has 0 aliphatic rings. The molecule has 0 aliphatic heterocycles. The highest BCUT2D eigenvalue weighted by Gasteiger charge is 2.00. The van der Waals surface area contributed by atoms with Gasteiger partial charge in [0.25, 0.3) is 0 Å². The van der Waals surface area contributed by atoms with Crippen molar-refractivity contribution in [2.75, 3.05) is 0 Å². The molecule has 12 heavy (non-hydrogen) atoms. The Kier molecular flexibility index (Phi) is 3.12. The lowest BCUT2D eigenvalue weighted by Gasteiger charge is -2.05. The van der Waals surface area contributed by atoms with Crippen LogP contribution in [0.4, 0.5) is 0 Å². The first kappa shape index (κ1) is 9.56. The van der Waals surface area contributed by atoms with Gasteiger partial charge in [0, 0.05) is 5.02 Å². The fourth-order valence-electron chi connectivity index (χ4n) is 1.17. The number of aliphatic hydroxyl groups excluding tert-OH is 1. The molecule has 0 aliphatic carbocycles. The molecule has 1 nitrogen and oxygen atoms in total. The number of benzene rings is 1. The quantitative estimate of drug-likeness (QED) is 0.749. The molecule has 66 valence electrons. The van der Waals surface area contributed by atoms with Gasteiger partial charge in [0.15, 0.2) is 0 Å². The highest BCUT2D eigenvalue weighted by atomic mass is 35.5. The highest BCUT2D eigenvalue weighted by molar-refractivity contribution is 6.31. The maximum absolute atomic E-state index is 9.13. The molecule has 2 heteroatoms. The van der Waals surface area contributed by atoms with E-state index in [1.807, 2.05) is 25.1 Å². The van der Waals surface area contributed by atoms with E-state index in [1.54, 1.807) is 6.92 Å². The van der Waals surface area contributed by atoms with Gasteiger partial charge >= 0.3 is 0 Å². The molecule has 0 saturated heterocycles. The Bertz CT molecular complexity index is 269. The molecule has 0 fully saturated rings. The lowest BCUT2D eigenvalue weighted by Crippen LogP contribution is -2.03. The van der Waals surface area contributed by atoms with E-state index in [9.17, 15) is 0 Å². The summed E-state index contributed by atoms with van der Waals surface area (Å²) < 4.78 is 0. The third-order valence-electron chi connectivity index (χ3n) is 1.75. The molecule has 0 spiro atoms. The van der Waals surface area contributed by atoms with Crippen molar-refractivity contribution in [2.24, 2.45) is 0 Å². The van der Waals surface area contributed by atoms with E-state index < -0.39 is 0 Å². The monoisotopic (exact) mass is 184 g/mol. The summed E-state index contributed by atoms with van der Waals surface area (Å²) in [6.45, 7) is 3.75. The fourth-order valence-corrected chi connectivity index (χ4v) is 1.29. The third-order valence-corrected chi connectivity index (χ3v) is 2.18. The van der Waals surface area contributed by atoms with Crippen LogP contribution in [0.25, 0.3) is 0 Å². The summed E-state index contributed by atoms with van der Waals surface area (Å²) in [5.74, 6) is 0. The van der Waals surface area contributed by atoms with Gasteiger partial charge in [-0.2, -0.15) is 0 Å². The fraction of sp³-hybridized carbons (Fsp3) is 0.400. The van der Waals surface area contributed by atoms with Crippen LogP contribution in [-0.2, 0) is 6.42 Å². The number of aliphatic hydroxyl groups is 1. The van der Waals surface area contributed by atoms with Crippen molar-refractivity contribution in [3.05, 3.63) is 34.3 Å². The molecule has 1 atom stereocenters. The predicted octanol–water partition coefficient (Wildman–Crippen LogP) is 2.57. The van der Waals surface area contributed by atoms with Crippen LogP contribution in [0.15, 0.2) is 18.2 Å². The minimum absolute atomic E-state index is 0.287. The topological polar surface area (TPSA) is 20.2 Å². The SMILES string of the molecule is Cc1cc(CC(C)O)ccc1Cl. The van der Waals surface area contributed by atoms with Gasteiger partial charge in [0.2, 0.25) is 0 Å². The van der Waals surface area contributed by atoms with Crippen LogP contribution >= 0.6 is 11.6 Å². The van der Waals surface area contributed by atoms with E-state index in [2.05, 4.69) is 0 Å². The summed E-state index contributed by atoms with van der Waals surface area (Å²) in [5, 5.41) is 9.91. The first-order valence-electron chi connectivity index (χ1n) is 4.02. The van der Waals surface area contributed by atoms with Crippen LogP contribution in [0, 0.1) is 6.92 Å². The van der Waals surface area contributed by atoms with Crippen LogP contribution in [0.3, 0.4) is 0 Å². The molecule has 0 heterocycles. The minimum atomic E-state index is -0.287. The van der Waals surface area contributed by atoms with E-state index >= 15 is 0 Å². The van der Waals surface area contributed by atoms with Crippen molar-refractivity contribution >= 4 is 11.6 Å². The maximum atomic E-state index is 9.13. The van der Waals surface area contributed by atoms with Gasteiger partial charge in [0.1, 0.15) is 0 Å². The van der Waals surface area contributed by atoms with E-state index in [0.717, 1.165) is 16.1 Å². The number of hydrogen-bond donors (Lipinski definition) is 1. The van der Waals surface area contributed by atoms with Crippen molar-refractivity contribution in [3.63, 3.8) is 0 Å². The highest BCUT2D eigenvalue weighted by Crippen LogP contribution is 2.16. The predicted molar refractivity (Wildman–Crippen MR) is 51.6 cm³/mol. The summed E-state index contributed by atoms with van der Waals surface area (Å²) in [7, 11) is 0. The standard InChI is InChI=1S/C10H13ClO/c1-7-5-9(6-8(2)12)3-4-10(7)11/h3-5,8,12H,6H2,1-2H3. The van der Waals surface area contributed by atoms with Crippen LogP contribution in [0.2, 0.25) is 5.02 Å². The van der Waals surface area contributed by atoms with Gasteiger partial charge in [0.05, 0.1) is 6.10 Å². The van der Waals surface area contributed by atoms with Gasteiger partial charge in [-0.25, -0.2) is 0 Å². The Morgan fingerprint density at radius 2 is 2.17 bits per heavy atom. The maximum Gasteiger partial charge on any atom is 0.0552 e. The van der Waals surface area contributed by atoms with Gasteiger partial charge in [-0.15, -0.1) is 0 Å². The lowest BCUT2D eigenvalue weighted by atomic mass is 10.1. The molecule has 0 aromatic heterocycles. The lowest BCUT2D eigenvalue weighted by molar-refractivity contribution is 0.195. The number of aryl methyl sites for hydroxylation is 1. The van der Waals surface area contributed by atoms with Crippen LogP contribution in [0.5, 0.6) is 0 Å². The third kappa shape index (κ3) is 2.50. The molecule has 1 unspecified atom stereocenters. The Balaban J connectivity index is 2.82. The van der Waals surface area contributed by atoms with Crippen molar-refractivity contribution in [1.29, 1.82) is 0 Å². The van der Waals surface area contributed by atoms with E-state index in [4.69, 9.17) is 16.7 Å². The van der Waals surface area contributed by atoms with Crippen LogP contribution in [-0.4, -0.2) is 11.2 Å². The largest absolute Gasteiger partial charge is 0.393 e. The van der Waals surface area contributed by atoms with Crippen LogP contribution in [0.1, 0.15) is 18.1 Å². The Morgan fingerprint density at radius 1 is 1.50 bits per heavy atom. The summed E-state index contributed by atoms with van der Waals surface area (Å²) >= 11 is 5.85. The van der Waals surface area contributed by atoms with E-state index in [0.29, 0.717) is 6.42 Å². The molecule has 0 saturated carbocycles. The Labute approximate surface area is 78.0 Å². The second-order valence-corrected chi connectivity index (χ2v) is 3.54. The smallest absolute Gasteiger partial charge is 0.0552 e. The summed E-state index contributed by atoms with van der Waals surface area (Å²) in [4.78, 5) is 0. The second-order valence-electron chi connectivity index (χ2n) is 3.14. The van der Waals surface area contributed by atoms with Crippen molar-refractivity contribution in [1.82, 2.24) is 0 Å². The molecule has 1 aromatic carbocycles. The van der Waals surface area contributed by atoms with Gasteiger partial charge in [-0.3, -0.25) is 0 Å². The average molecular weight is 185 g/mol. The number of rotatable bonds is 2. The average Bonchev–Trinajstić information content (AvgIpc) is 1.96. The molecule has 0 amide bonds. The molecular formula is C10H13ClO. The summed E-state index contributed by atoms with van der Waals surface area (Å²) in [6, 6.07) is 5.83. The molecule has 0 radical (unpaired) electrons. The normalized spacial score (nSPS) is 13.0. The molecule has 1 rings (SSSR count). The molecule has 0 bridgehead atoms.